The van der Waals surface area contributed by atoms with E-state index < -0.39 is 6.61 Å². The molecule has 2 rings (SSSR count). The van der Waals surface area contributed by atoms with Crippen LogP contribution in [0.5, 0.6) is 5.75 Å². The number of rotatable bonds is 8. The highest BCUT2D eigenvalue weighted by molar-refractivity contribution is 5.78. The molecule has 5 nitrogen and oxygen atoms in total. The van der Waals surface area contributed by atoms with Gasteiger partial charge in [-0.1, -0.05) is 18.6 Å². The Hall–Kier alpha value is -1.73. The molecule has 0 aliphatic carbocycles. The van der Waals surface area contributed by atoms with E-state index in [1.807, 2.05) is 0 Å². The first-order valence-electron chi connectivity index (χ1n) is 8.24. The number of carbonyl (C=O) groups excluding carboxylic acids is 1. The van der Waals surface area contributed by atoms with Gasteiger partial charge in [-0.05, 0) is 43.5 Å². The van der Waals surface area contributed by atoms with Crippen LogP contribution in [0.1, 0.15) is 31.2 Å². The zero-order valence-electron chi connectivity index (χ0n) is 13.6. The van der Waals surface area contributed by atoms with E-state index in [2.05, 4.69) is 15.0 Å². The fraction of sp³-hybridized carbons (Fsp3) is 0.588. The lowest BCUT2D eigenvalue weighted by atomic mass is 10.00. The molecule has 1 aliphatic heterocycles. The van der Waals surface area contributed by atoms with Crippen molar-refractivity contribution in [1.82, 2.24) is 10.2 Å². The van der Waals surface area contributed by atoms with Crippen LogP contribution in [0.2, 0.25) is 0 Å². The Labute approximate surface area is 140 Å². The average molecular weight is 342 g/mol. The summed E-state index contributed by atoms with van der Waals surface area (Å²) >= 11 is 0. The Kier molecular flexibility index (Phi) is 7.39. The smallest absolute Gasteiger partial charge is 0.387 e. The molecule has 1 fully saturated rings. The van der Waals surface area contributed by atoms with Gasteiger partial charge >= 0.3 is 6.61 Å². The molecule has 7 heteroatoms. The van der Waals surface area contributed by atoms with E-state index in [4.69, 9.17) is 5.11 Å². The van der Waals surface area contributed by atoms with Crippen LogP contribution < -0.4 is 10.1 Å². The standard InChI is InChI=1S/C17H24F2N2O3/c18-17(19)24-15-6-4-13(5-7-15)11-20-16(23)12-21-9-2-1-3-14(21)8-10-22/h4-7,14,17,22H,1-3,8-12H2,(H,20,23). The number of amides is 1. The summed E-state index contributed by atoms with van der Waals surface area (Å²) in [6.07, 6.45) is 3.91. The fourth-order valence-electron chi connectivity index (χ4n) is 2.97. The van der Waals surface area contributed by atoms with Crippen molar-refractivity contribution in [1.29, 1.82) is 0 Å². The predicted octanol–water partition coefficient (Wildman–Crippen LogP) is 2.14. The Morgan fingerprint density at radius 1 is 1.33 bits per heavy atom. The van der Waals surface area contributed by atoms with Crippen molar-refractivity contribution in [3.05, 3.63) is 29.8 Å². The van der Waals surface area contributed by atoms with E-state index in [9.17, 15) is 13.6 Å². The van der Waals surface area contributed by atoms with Crippen LogP contribution in [0.15, 0.2) is 24.3 Å². The second-order valence-electron chi connectivity index (χ2n) is 5.93. The first kappa shape index (κ1) is 18.6. The normalized spacial score (nSPS) is 18.6. The molecular weight excluding hydrogens is 318 g/mol. The van der Waals surface area contributed by atoms with E-state index in [0.717, 1.165) is 31.4 Å². The number of hydrogen-bond acceptors (Lipinski definition) is 4. The van der Waals surface area contributed by atoms with Gasteiger partial charge in [0.15, 0.2) is 0 Å². The maximum absolute atomic E-state index is 12.1. The number of aliphatic hydroxyl groups is 1. The number of nitrogens with zero attached hydrogens (tertiary/aromatic N) is 1. The number of alkyl halides is 2. The summed E-state index contributed by atoms with van der Waals surface area (Å²) in [5.74, 6) is 0.0213. The minimum atomic E-state index is -2.84. The molecule has 1 saturated heterocycles. The highest BCUT2D eigenvalue weighted by Gasteiger charge is 2.23. The first-order chi connectivity index (χ1) is 11.6. The topological polar surface area (TPSA) is 61.8 Å². The van der Waals surface area contributed by atoms with E-state index in [1.165, 1.54) is 12.1 Å². The lowest BCUT2D eigenvalue weighted by Crippen LogP contribution is -2.45. The van der Waals surface area contributed by atoms with Crippen molar-refractivity contribution in [2.75, 3.05) is 19.7 Å². The molecule has 24 heavy (non-hydrogen) atoms. The summed E-state index contributed by atoms with van der Waals surface area (Å²) < 4.78 is 28.5. The van der Waals surface area contributed by atoms with Gasteiger partial charge in [0.1, 0.15) is 5.75 Å². The second-order valence-corrected chi connectivity index (χ2v) is 5.93. The number of piperidine rings is 1. The number of likely N-dealkylation sites (tertiary alicyclic amines) is 1. The van der Waals surface area contributed by atoms with Gasteiger partial charge in [0.2, 0.25) is 5.91 Å². The van der Waals surface area contributed by atoms with Gasteiger partial charge < -0.3 is 15.2 Å². The van der Waals surface area contributed by atoms with Crippen LogP contribution in [0.4, 0.5) is 8.78 Å². The number of carbonyl (C=O) groups is 1. The fourth-order valence-corrected chi connectivity index (χ4v) is 2.97. The van der Waals surface area contributed by atoms with Gasteiger partial charge in [0.05, 0.1) is 6.54 Å². The number of ether oxygens (including phenoxy) is 1. The van der Waals surface area contributed by atoms with E-state index >= 15 is 0 Å². The van der Waals surface area contributed by atoms with Gasteiger partial charge in [-0.3, -0.25) is 9.69 Å². The highest BCUT2D eigenvalue weighted by Crippen LogP contribution is 2.19. The van der Waals surface area contributed by atoms with E-state index in [0.29, 0.717) is 19.5 Å². The molecule has 134 valence electrons. The van der Waals surface area contributed by atoms with Gasteiger partial charge in [-0.15, -0.1) is 0 Å². The SMILES string of the molecule is O=C(CN1CCCCC1CCO)NCc1ccc(OC(F)F)cc1. The predicted molar refractivity (Wildman–Crippen MR) is 85.8 cm³/mol. The number of nitrogens with one attached hydrogen (secondary N) is 1. The Bertz CT molecular complexity index is 509. The molecular formula is C17H24F2N2O3. The summed E-state index contributed by atoms with van der Waals surface area (Å²) in [5, 5.41) is 12.0. The zero-order chi connectivity index (χ0) is 17.4. The van der Waals surface area contributed by atoms with Crippen molar-refractivity contribution in [2.24, 2.45) is 0 Å². The number of aliphatic hydroxyl groups excluding tert-OH is 1. The molecule has 0 bridgehead atoms. The lowest BCUT2D eigenvalue weighted by molar-refractivity contribution is -0.123. The maximum atomic E-state index is 12.1. The molecule has 0 aromatic heterocycles. The van der Waals surface area contributed by atoms with Crippen molar-refractivity contribution in [3.8, 4) is 5.75 Å². The van der Waals surface area contributed by atoms with Crippen LogP contribution in [0.3, 0.4) is 0 Å². The van der Waals surface area contributed by atoms with Crippen LogP contribution >= 0.6 is 0 Å². The molecule has 0 spiro atoms. The molecule has 0 radical (unpaired) electrons. The van der Waals surface area contributed by atoms with Crippen LogP contribution in [0, 0.1) is 0 Å². The molecule has 1 atom stereocenters. The molecule has 1 amide bonds. The van der Waals surface area contributed by atoms with Crippen LogP contribution in [-0.2, 0) is 11.3 Å². The summed E-state index contributed by atoms with van der Waals surface area (Å²) in [6, 6.07) is 6.46. The van der Waals surface area contributed by atoms with Crippen molar-refractivity contribution < 1.29 is 23.4 Å². The Balaban J connectivity index is 1.77. The highest BCUT2D eigenvalue weighted by atomic mass is 19.3. The van der Waals surface area contributed by atoms with Crippen molar-refractivity contribution >= 4 is 5.91 Å². The van der Waals surface area contributed by atoms with Crippen molar-refractivity contribution in [2.45, 2.75) is 44.9 Å². The third-order valence-electron chi connectivity index (χ3n) is 4.20. The molecule has 1 heterocycles. The monoisotopic (exact) mass is 342 g/mol. The third kappa shape index (κ3) is 6.05. The number of benzene rings is 1. The largest absolute Gasteiger partial charge is 0.435 e. The minimum absolute atomic E-state index is 0.0762. The van der Waals surface area contributed by atoms with Gasteiger partial charge in [0, 0.05) is 19.2 Å². The molecule has 0 saturated carbocycles. The molecule has 1 unspecified atom stereocenters. The average Bonchev–Trinajstić information content (AvgIpc) is 2.56. The third-order valence-corrected chi connectivity index (χ3v) is 4.20. The lowest BCUT2D eigenvalue weighted by Gasteiger charge is -2.34. The van der Waals surface area contributed by atoms with E-state index in [-0.39, 0.29) is 24.3 Å². The minimum Gasteiger partial charge on any atom is -0.435 e. The molecule has 1 aromatic rings. The van der Waals surface area contributed by atoms with Crippen molar-refractivity contribution in [3.63, 3.8) is 0 Å². The molecule has 2 N–H and O–H groups in total. The van der Waals surface area contributed by atoms with Gasteiger partial charge in [-0.25, -0.2) is 0 Å². The number of halogens is 2. The van der Waals surface area contributed by atoms with Gasteiger partial charge in [0.25, 0.3) is 0 Å². The summed E-state index contributed by atoms with van der Waals surface area (Å²) in [7, 11) is 0. The maximum Gasteiger partial charge on any atom is 0.387 e. The Morgan fingerprint density at radius 2 is 2.08 bits per heavy atom. The Morgan fingerprint density at radius 3 is 2.75 bits per heavy atom. The zero-order valence-corrected chi connectivity index (χ0v) is 13.6. The quantitative estimate of drug-likeness (QED) is 0.760. The molecule has 1 aromatic carbocycles. The summed E-state index contributed by atoms with van der Waals surface area (Å²) in [5.41, 5.74) is 0.815. The second kappa shape index (κ2) is 9.54. The first-order valence-corrected chi connectivity index (χ1v) is 8.24. The van der Waals surface area contributed by atoms with Crippen LogP contribution in [0.25, 0.3) is 0 Å². The molecule has 1 aliphatic rings. The summed E-state index contributed by atoms with van der Waals surface area (Å²) in [4.78, 5) is 14.2. The number of hydrogen-bond donors (Lipinski definition) is 2. The van der Waals surface area contributed by atoms with E-state index in [1.54, 1.807) is 12.1 Å². The van der Waals surface area contributed by atoms with Crippen LogP contribution in [-0.4, -0.2) is 48.3 Å². The van der Waals surface area contributed by atoms with Gasteiger partial charge in [-0.2, -0.15) is 8.78 Å². The summed E-state index contributed by atoms with van der Waals surface area (Å²) in [6.45, 7) is -1.18.